The highest BCUT2D eigenvalue weighted by molar-refractivity contribution is 7.89. The summed E-state index contributed by atoms with van der Waals surface area (Å²) in [4.78, 5) is 14.7. The van der Waals surface area contributed by atoms with Gasteiger partial charge in [-0.25, -0.2) is 13.1 Å². The fourth-order valence-corrected chi connectivity index (χ4v) is 4.13. The van der Waals surface area contributed by atoms with E-state index in [9.17, 15) is 13.2 Å². The van der Waals surface area contributed by atoms with E-state index in [1.54, 1.807) is 12.1 Å². The van der Waals surface area contributed by atoms with Gasteiger partial charge in [0.05, 0.1) is 11.5 Å². The molecular formula is C22H28N2O4S. The SMILES string of the molecule is CCOc1ccc(S(=O)(=O)NCCC(=O)N(Cc2ccc(C)cc2)C2CC2)cc1. The molecule has 1 amide bonds. The van der Waals surface area contributed by atoms with Crippen LogP contribution in [0.1, 0.15) is 37.3 Å². The van der Waals surface area contributed by atoms with Gasteiger partial charge >= 0.3 is 0 Å². The molecule has 0 atom stereocenters. The Morgan fingerprint density at radius 2 is 1.76 bits per heavy atom. The maximum atomic E-state index is 12.7. The van der Waals surface area contributed by atoms with Crippen molar-refractivity contribution in [1.29, 1.82) is 0 Å². The van der Waals surface area contributed by atoms with Crippen molar-refractivity contribution in [2.75, 3.05) is 13.2 Å². The van der Waals surface area contributed by atoms with Crippen molar-refractivity contribution in [1.82, 2.24) is 9.62 Å². The molecule has 7 heteroatoms. The predicted molar refractivity (Wildman–Crippen MR) is 112 cm³/mol. The standard InChI is InChI=1S/C22H28N2O4S/c1-3-28-20-10-12-21(13-11-20)29(26,27)23-15-14-22(25)24(19-8-9-19)16-18-6-4-17(2)5-7-18/h4-7,10-13,19,23H,3,8-9,14-16H2,1-2H3. The summed E-state index contributed by atoms with van der Waals surface area (Å²) in [6.07, 6.45) is 2.16. The molecule has 1 fully saturated rings. The average molecular weight is 417 g/mol. The molecule has 0 heterocycles. The third-order valence-electron chi connectivity index (χ3n) is 4.86. The molecule has 0 aliphatic heterocycles. The zero-order valence-electron chi connectivity index (χ0n) is 16.9. The number of carbonyl (C=O) groups excluding carboxylic acids is 1. The third-order valence-corrected chi connectivity index (χ3v) is 6.33. The van der Waals surface area contributed by atoms with Crippen molar-refractivity contribution >= 4 is 15.9 Å². The quantitative estimate of drug-likeness (QED) is 0.645. The van der Waals surface area contributed by atoms with E-state index in [0.29, 0.717) is 18.9 Å². The summed E-state index contributed by atoms with van der Waals surface area (Å²) < 4.78 is 32.7. The summed E-state index contributed by atoms with van der Waals surface area (Å²) in [5.74, 6) is 0.597. The van der Waals surface area contributed by atoms with Crippen molar-refractivity contribution in [2.24, 2.45) is 0 Å². The molecule has 0 unspecified atom stereocenters. The van der Waals surface area contributed by atoms with Crippen LogP contribution in [0.15, 0.2) is 53.4 Å². The van der Waals surface area contributed by atoms with Crippen LogP contribution in [0.3, 0.4) is 0 Å². The molecule has 1 saturated carbocycles. The van der Waals surface area contributed by atoms with Crippen LogP contribution in [0, 0.1) is 6.92 Å². The number of aryl methyl sites for hydroxylation is 1. The van der Waals surface area contributed by atoms with Crippen LogP contribution in [0.25, 0.3) is 0 Å². The summed E-state index contributed by atoms with van der Waals surface area (Å²) in [6, 6.07) is 14.7. The lowest BCUT2D eigenvalue weighted by Gasteiger charge is -2.23. The highest BCUT2D eigenvalue weighted by Crippen LogP contribution is 2.29. The largest absolute Gasteiger partial charge is 0.494 e. The van der Waals surface area contributed by atoms with Crippen LogP contribution in [0.4, 0.5) is 0 Å². The van der Waals surface area contributed by atoms with E-state index in [0.717, 1.165) is 18.4 Å². The molecule has 3 rings (SSSR count). The molecule has 1 N–H and O–H groups in total. The Kier molecular flexibility index (Phi) is 6.92. The maximum Gasteiger partial charge on any atom is 0.240 e. The molecule has 0 bridgehead atoms. The highest BCUT2D eigenvalue weighted by Gasteiger charge is 2.32. The van der Waals surface area contributed by atoms with Gasteiger partial charge in [-0.1, -0.05) is 29.8 Å². The Morgan fingerprint density at radius 3 is 2.34 bits per heavy atom. The van der Waals surface area contributed by atoms with Crippen LogP contribution < -0.4 is 9.46 Å². The van der Waals surface area contributed by atoms with Crippen molar-refractivity contribution < 1.29 is 17.9 Å². The molecule has 29 heavy (non-hydrogen) atoms. The Hall–Kier alpha value is -2.38. The number of nitrogens with zero attached hydrogens (tertiary/aromatic N) is 1. The molecule has 0 aromatic heterocycles. The van der Waals surface area contributed by atoms with E-state index in [2.05, 4.69) is 4.72 Å². The van der Waals surface area contributed by atoms with Crippen LogP contribution in [-0.4, -0.2) is 38.4 Å². The summed E-state index contributed by atoms with van der Waals surface area (Å²) in [6.45, 7) is 5.06. The van der Waals surface area contributed by atoms with Crippen LogP contribution in [-0.2, 0) is 21.4 Å². The summed E-state index contributed by atoms with van der Waals surface area (Å²) in [7, 11) is -3.66. The first-order valence-electron chi connectivity index (χ1n) is 9.96. The molecule has 1 aliphatic carbocycles. The number of benzene rings is 2. The first-order chi connectivity index (χ1) is 13.9. The number of rotatable bonds is 10. The fourth-order valence-electron chi connectivity index (χ4n) is 3.10. The fraction of sp³-hybridized carbons (Fsp3) is 0.409. The highest BCUT2D eigenvalue weighted by atomic mass is 32.2. The molecule has 6 nitrogen and oxygen atoms in total. The van der Waals surface area contributed by atoms with Crippen LogP contribution in [0.5, 0.6) is 5.75 Å². The van der Waals surface area contributed by atoms with Gasteiger partial charge in [0.2, 0.25) is 15.9 Å². The van der Waals surface area contributed by atoms with Crippen LogP contribution >= 0.6 is 0 Å². The zero-order chi connectivity index (χ0) is 20.9. The lowest BCUT2D eigenvalue weighted by Crippen LogP contribution is -2.35. The van der Waals surface area contributed by atoms with E-state index >= 15 is 0 Å². The number of sulfonamides is 1. The Labute approximate surface area is 172 Å². The Morgan fingerprint density at radius 1 is 1.10 bits per heavy atom. The maximum absolute atomic E-state index is 12.7. The smallest absolute Gasteiger partial charge is 0.240 e. The van der Waals surface area contributed by atoms with Crippen LogP contribution in [0.2, 0.25) is 0 Å². The van der Waals surface area contributed by atoms with Crippen molar-refractivity contribution in [3.05, 3.63) is 59.7 Å². The lowest BCUT2D eigenvalue weighted by atomic mass is 10.1. The first kappa shape index (κ1) is 21.3. The lowest BCUT2D eigenvalue weighted by molar-refractivity contribution is -0.132. The van der Waals surface area contributed by atoms with Crippen molar-refractivity contribution in [2.45, 2.75) is 50.6 Å². The minimum Gasteiger partial charge on any atom is -0.494 e. The molecule has 0 saturated heterocycles. The number of carbonyl (C=O) groups is 1. The molecule has 1 aliphatic rings. The molecule has 0 radical (unpaired) electrons. The van der Waals surface area contributed by atoms with Gasteiger partial charge in [-0.3, -0.25) is 4.79 Å². The Balaban J connectivity index is 1.54. The molecule has 0 spiro atoms. The van der Waals surface area contributed by atoms with Crippen molar-refractivity contribution in [3.63, 3.8) is 0 Å². The topological polar surface area (TPSA) is 75.7 Å². The second-order valence-corrected chi connectivity index (χ2v) is 9.06. The van der Waals surface area contributed by atoms with Crippen molar-refractivity contribution in [3.8, 4) is 5.75 Å². The second-order valence-electron chi connectivity index (χ2n) is 7.29. The predicted octanol–water partition coefficient (Wildman–Crippen LogP) is 3.25. The van der Waals surface area contributed by atoms with E-state index in [1.165, 1.54) is 17.7 Å². The molecule has 2 aromatic rings. The Bertz CT molecular complexity index is 920. The third kappa shape index (κ3) is 6.05. The van der Waals surface area contributed by atoms with Gasteiger partial charge < -0.3 is 9.64 Å². The van der Waals surface area contributed by atoms with Gasteiger partial charge in [0, 0.05) is 25.6 Å². The minimum atomic E-state index is -3.66. The average Bonchev–Trinajstić information content (AvgIpc) is 3.53. The summed E-state index contributed by atoms with van der Waals surface area (Å²) in [5, 5.41) is 0. The molecule has 2 aromatic carbocycles. The summed E-state index contributed by atoms with van der Waals surface area (Å²) >= 11 is 0. The van der Waals surface area contributed by atoms with Gasteiger partial charge in [0.15, 0.2) is 0 Å². The van der Waals surface area contributed by atoms with Gasteiger partial charge in [0.1, 0.15) is 5.75 Å². The van der Waals surface area contributed by atoms with E-state index in [4.69, 9.17) is 4.74 Å². The monoisotopic (exact) mass is 416 g/mol. The van der Waals surface area contributed by atoms with E-state index < -0.39 is 10.0 Å². The van der Waals surface area contributed by atoms with E-state index in [-0.39, 0.29) is 29.8 Å². The number of amides is 1. The van der Waals surface area contributed by atoms with Gasteiger partial charge in [0.25, 0.3) is 0 Å². The zero-order valence-corrected chi connectivity index (χ0v) is 17.7. The summed E-state index contributed by atoms with van der Waals surface area (Å²) in [5.41, 5.74) is 2.27. The molecule has 156 valence electrons. The van der Waals surface area contributed by atoms with Gasteiger partial charge in [-0.2, -0.15) is 0 Å². The molecular weight excluding hydrogens is 388 g/mol. The number of hydrogen-bond acceptors (Lipinski definition) is 4. The number of ether oxygens (including phenoxy) is 1. The second kappa shape index (κ2) is 9.41. The number of nitrogens with one attached hydrogen (secondary N) is 1. The first-order valence-corrected chi connectivity index (χ1v) is 11.4. The minimum absolute atomic E-state index is 0.0255. The van der Waals surface area contributed by atoms with E-state index in [1.807, 2.05) is 43.0 Å². The van der Waals surface area contributed by atoms with Gasteiger partial charge in [-0.15, -0.1) is 0 Å². The normalized spacial score (nSPS) is 13.9. The van der Waals surface area contributed by atoms with Gasteiger partial charge in [-0.05, 0) is 56.5 Å². The number of hydrogen-bond donors (Lipinski definition) is 1.